The van der Waals surface area contributed by atoms with Crippen LogP contribution >= 0.6 is 0 Å². The summed E-state index contributed by atoms with van der Waals surface area (Å²) in [7, 11) is 0. The Kier molecular flexibility index (Phi) is 2.90. The van der Waals surface area contributed by atoms with Crippen molar-refractivity contribution in [1.29, 1.82) is 0 Å². The summed E-state index contributed by atoms with van der Waals surface area (Å²) in [4.78, 5) is 0. The number of aliphatic hydroxyl groups excluding tert-OH is 2. The lowest BCUT2D eigenvalue weighted by molar-refractivity contribution is -0.0854. The third kappa shape index (κ3) is 1.67. The average Bonchev–Trinajstić information content (AvgIpc) is 2.77. The number of fused-ring (bicyclic) bond motifs is 5. The van der Waals surface area contributed by atoms with Crippen LogP contribution in [0.25, 0.3) is 0 Å². The van der Waals surface area contributed by atoms with Crippen LogP contribution in [0.5, 0.6) is 0 Å². The summed E-state index contributed by atoms with van der Waals surface area (Å²) in [6.45, 7) is 7.06. The molecule has 2 N–H and O–H groups in total. The summed E-state index contributed by atoms with van der Waals surface area (Å²) in [6, 6.07) is 0. The summed E-state index contributed by atoms with van der Waals surface area (Å²) in [5.41, 5.74) is 0.179. The van der Waals surface area contributed by atoms with Gasteiger partial charge in [0.1, 0.15) is 5.76 Å². The van der Waals surface area contributed by atoms with E-state index in [0.29, 0.717) is 41.1 Å². The fourth-order valence-electron chi connectivity index (χ4n) is 6.37. The van der Waals surface area contributed by atoms with Crippen molar-refractivity contribution in [2.45, 2.75) is 46.5 Å². The Morgan fingerprint density at radius 1 is 1.18 bits per heavy atom. The molecule has 0 aliphatic heterocycles. The van der Waals surface area contributed by atoms with E-state index in [-0.39, 0.29) is 10.8 Å². The van der Waals surface area contributed by atoms with Crippen LogP contribution in [0.1, 0.15) is 46.5 Å². The SMILES string of the molecule is C[C@H]1CC2C=C(O)C=C[C@]2(C)[C@H]2CC[C@]3(C)C(O)=CC[C@H]3[C@H]12. The van der Waals surface area contributed by atoms with Crippen molar-refractivity contribution in [3.63, 3.8) is 0 Å². The molecule has 22 heavy (non-hydrogen) atoms. The number of allylic oxidation sites excluding steroid dienone is 5. The number of hydrogen-bond acceptors (Lipinski definition) is 2. The first-order chi connectivity index (χ1) is 10.4. The molecule has 2 nitrogen and oxygen atoms in total. The molecule has 4 rings (SSSR count). The predicted octanol–water partition coefficient (Wildman–Crippen LogP) is 5.15. The maximum atomic E-state index is 10.4. The fourth-order valence-corrected chi connectivity index (χ4v) is 6.37. The highest BCUT2D eigenvalue weighted by Crippen LogP contribution is 2.65. The molecule has 0 spiro atoms. The van der Waals surface area contributed by atoms with Crippen molar-refractivity contribution in [3.05, 3.63) is 35.8 Å². The highest BCUT2D eigenvalue weighted by molar-refractivity contribution is 5.29. The van der Waals surface area contributed by atoms with Crippen molar-refractivity contribution < 1.29 is 10.2 Å². The van der Waals surface area contributed by atoms with Gasteiger partial charge < -0.3 is 10.2 Å². The van der Waals surface area contributed by atoms with Gasteiger partial charge in [0.25, 0.3) is 0 Å². The first-order valence-electron chi connectivity index (χ1n) is 8.86. The zero-order valence-corrected chi connectivity index (χ0v) is 13.9. The van der Waals surface area contributed by atoms with E-state index >= 15 is 0 Å². The van der Waals surface area contributed by atoms with E-state index in [1.807, 2.05) is 6.08 Å². The van der Waals surface area contributed by atoms with E-state index in [1.165, 1.54) is 6.42 Å². The van der Waals surface area contributed by atoms with Crippen molar-refractivity contribution in [2.24, 2.45) is 40.4 Å². The maximum absolute atomic E-state index is 10.4. The van der Waals surface area contributed by atoms with Gasteiger partial charge in [0, 0.05) is 5.41 Å². The summed E-state index contributed by atoms with van der Waals surface area (Å²) >= 11 is 0. The van der Waals surface area contributed by atoms with Crippen LogP contribution in [-0.4, -0.2) is 10.2 Å². The summed E-state index contributed by atoms with van der Waals surface area (Å²) in [5.74, 6) is 4.13. The average molecular weight is 300 g/mol. The molecule has 0 aromatic rings. The largest absolute Gasteiger partial charge is 0.512 e. The van der Waals surface area contributed by atoms with Crippen LogP contribution in [0.2, 0.25) is 0 Å². The molecule has 2 heteroatoms. The summed E-state index contributed by atoms with van der Waals surface area (Å²) in [5, 5.41) is 20.3. The van der Waals surface area contributed by atoms with E-state index in [4.69, 9.17) is 0 Å². The second kappa shape index (κ2) is 4.43. The highest BCUT2D eigenvalue weighted by atomic mass is 16.3. The van der Waals surface area contributed by atoms with Crippen molar-refractivity contribution in [1.82, 2.24) is 0 Å². The quantitative estimate of drug-likeness (QED) is 0.649. The molecule has 4 aliphatic rings. The second-order valence-electron chi connectivity index (χ2n) is 8.68. The first kappa shape index (κ1) is 14.4. The molecule has 0 saturated heterocycles. The van der Waals surface area contributed by atoms with Gasteiger partial charge in [0.15, 0.2) is 0 Å². The van der Waals surface area contributed by atoms with Crippen LogP contribution in [-0.2, 0) is 0 Å². The lowest BCUT2D eigenvalue weighted by atomic mass is 9.45. The Bertz CT molecular complexity index is 587. The molecule has 0 aromatic heterocycles. The minimum absolute atomic E-state index is 0.00891. The van der Waals surface area contributed by atoms with Gasteiger partial charge in [-0.1, -0.05) is 26.8 Å². The van der Waals surface area contributed by atoms with Gasteiger partial charge in [-0.15, -0.1) is 0 Å². The molecule has 0 amide bonds. The monoisotopic (exact) mass is 300 g/mol. The lowest BCUT2D eigenvalue weighted by Crippen LogP contribution is -2.53. The first-order valence-corrected chi connectivity index (χ1v) is 8.86. The molecular weight excluding hydrogens is 272 g/mol. The Hall–Kier alpha value is -1.18. The Morgan fingerprint density at radius 3 is 2.73 bits per heavy atom. The van der Waals surface area contributed by atoms with Crippen molar-refractivity contribution in [3.8, 4) is 0 Å². The zero-order valence-electron chi connectivity index (χ0n) is 13.9. The van der Waals surface area contributed by atoms with Crippen molar-refractivity contribution in [2.75, 3.05) is 0 Å². The van der Waals surface area contributed by atoms with Crippen LogP contribution in [0.4, 0.5) is 0 Å². The zero-order chi connectivity index (χ0) is 15.7. The molecule has 2 saturated carbocycles. The number of rotatable bonds is 0. The molecule has 0 aromatic carbocycles. The van der Waals surface area contributed by atoms with Gasteiger partial charge in [0.05, 0.1) is 5.76 Å². The standard InChI is InChI=1S/C20H28O2/c1-12-10-13-11-14(21)6-8-19(13,2)16-7-9-20(3)15(18(12)16)4-5-17(20)22/h5-6,8,11-13,15-16,18,21-22H,4,7,9-10H2,1-3H3/t12-,13?,15-,16-,18-,19-,20-/m0/s1. The number of hydrogen-bond donors (Lipinski definition) is 2. The van der Waals surface area contributed by atoms with Crippen LogP contribution in [0.15, 0.2) is 35.8 Å². The lowest BCUT2D eigenvalue weighted by Gasteiger charge is -2.59. The smallest absolute Gasteiger partial charge is 0.111 e. The highest BCUT2D eigenvalue weighted by Gasteiger charge is 2.59. The molecule has 0 heterocycles. The molecule has 4 aliphatic carbocycles. The van der Waals surface area contributed by atoms with E-state index in [2.05, 4.69) is 39.0 Å². The third-order valence-corrected chi connectivity index (χ3v) is 7.74. The van der Waals surface area contributed by atoms with Gasteiger partial charge in [-0.05, 0) is 78.9 Å². The van der Waals surface area contributed by atoms with Gasteiger partial charge in [-0.2, -0.15) is 0 Å². The van der Waals surface area contributed by atoms with E-state index in [0.717, 1.165) is 19.3 Å². The van der Waals surface area contributed by atoms with Gasteiger partial charge >= 0.3 is 0 Å². The van der Waals surface area contributed by atoms with Gasteiger partial charge in [-0.3, -0.25) is 0 Å². The molecule has 0 radical (unpaired) electrons. The summed E-state index contributed by atoms with van der Waals surface area (Å²) in [6.07, 6.45) is 12.8. The van der Waals surface area contributed by atoms with Crippen molar-refractivity contribution >= 4 is 0 Å². The van der Waals surface area contributed by atoms with Crippen LogP contribution in [0.3, 0.4) is 0 Å². The molecular formula is C20H28O2. The maximum Gasteiger partial charge on any atom is 0.111 e. The van der Waals surface area contributed by atoms with Crippen LogP contribution < -0.4 is 0 Å². The second-order valence-corrected chi connectivity index (χ2v) is 8.68. The minimum atomic E-state index is 0.00891. The fraction of sp³-hybridized carbons (Fsp3) is 0.700. The molecule has 2 fully saturated rings. The normalized spacial score (nSPS) is 53.1. The summed E-state index contributed by atoms with van der Waals surface area (Å²) < 4.78 is 0. The minimum Gasteiger partial charge on any atom is -0.512 e. The third-order valence-electron chi connectivity index (χ3n) is 7.74. The Labute approximate surface area is 133 Å². The van der Waals surface area contributed by atoms with Gasteiger partial charge in [-0.25, -0.2) is 0 Å². The topological polar surface area (TPSA) is 40.5 Å². The van der Waals surface area contributed by atoms with Crippen LogP contribution in [0, 0.1) is 40.4 Å². The predicted molar refractivity (Wildman–Crippen MR) is 88.4 cm³/mol. The molecule has 0 bridgehead atoms. The van der Waals surface area contributed by atoms with E-state index in [9.17, 15) is 10.2 Å². The molecule has 1 unspecified atom stereocenters. The Balaban J connectivity index is 1.73. The van der Waals surface area contributed by atoms with E-state index < -0.39 is 0 Å². The van der Waals surface area contributed by atoms with Gasteiger partial charge in [0.2, 0.25) is 0 Å². The number of aliphatic hydroxyl groups is 2. The Morgan fingerprint density at radius 2 is 1.95 bits per heavy atom. The van der Waals surface area contributed by atoms with E-state index in [1.54, 1.807) is 0 Å². The molecule has 120 valence electrons. The molecule has 7 atom stereocenters.